The Labute approximate surface area is 146 Å². The summed E-state index contributed by atoms with van der Waals surface area (Å²) >= 11 is 4.89. The summed E-state index contributed by atoms with van der Waals surface area (Å²) in [5.74, 6) is 1.28. The summed E-state index contributed by atoms with van der Waals surface area (Å²) in [5.41, 5.74) is 1.54. The lowest BCUT2D eigenvalue weighted by atomic mass is 9.85. The Morgan fingerprint density at radius 2 is 2.04 bits per heavy atom. The predicted molar refractivity (Wildman–Crippen MR) is 93.1 cm³/mol. The van der Waals surface area contributed by atoms with Crippen LogP contribution in [0.5, 0.6) is 0 Å². The molecule has 0 radical (unpaired) electrons. The van der Waals surface area contributed by atoms with Gasteiger partial charge >= 0.3 is 0 Å². The zero-order valence-electron chi connectivity index (χ0n) is 13.7. The zero-order valence-corrected chi connectivity index (χ0v) is 14.5. The Morgan fingerprint density at radius 1 is 1.29 bits per heavy atom. The molecule has 5 nitrogen and oxygen atoms in total. The number of carbonyl (C=O) groups excluding carboxylic acids is 1. The lowest BCUT2D eigenvalue weighted by Gasteiger charge is -2.33. The molecule has 1 amide bonds. The topological polar surface area (TPSA) is 62.1 Å². The molecule has 126 valence electrons. The van der Waals surface area contributed by atoms with Gasteiger partial charge in [0.15, 0.2) is 0 Å². The maximum Gasteiger partial charge on any atom is 0.284 e. The number of carbonyl (C=O) groups is 1. The van der Waals surface area contributed by atoms with E-state index in [0.29, 0.717) is 23.9 Å². The predicted octanol–water partition coefficient (Wildman–Crippen LogP) is 4.19. The van der Waals surface area contributed by atoms with Crippen LogP contribution in [0.2, 0.25) is 0 Å². The lowest BCUT2D eigenvalue weighted by molar-refractivity contribution is 0.0633. The second kappa shape index (κ2) is 6.16. The average molecular weight is 343 g/mol. The number of benzene rings is 1. The van der Waals surface area contributed by atoms with Crippen molar-refractivity contribution in [3.63, 3.8) is 0 Å². The third-order valence-electron chi connectivity index (χ3n) is 5.40. The van der Waals surface area contributed by atoms with Crippen LogP contribution in [0.15, 0.2) is 28.7 Å². The van der Waals surface area contributed by atoms with Gasteiger partial charge in [0.25, 0.3) is 10.7 Å². The molecular formula is C18H21N3O2S. The van der Waals surface area contributed by atoms with Crippen LogP contribution in [0.4, 0.5) is 0 Å². The summed E-state index contributed by atoms with van der Waals surface area (Å²) in [6, 6.07) is 8.18. The molecule has 4 rings (SSSR count). The molecule has 1 aromatic heterocycles. The molecule has 3 atom stereocenters. The average Bonchev–Trinajstić information content (AvgIpc) is 3.17. The molecule has 2 aliphatic rings. The number of amides is 1. The van der Waals surface area contributed by atoms with Crippen LogP contribution >= 0.6 is 12.2 Å². The van der Waals surface area contributed by atoms with E-state index in [1.165, 1.54) is 19.3 Å². The van der Waals surface area contributed by atoms with Gasteiger partial charge in [0, 0.05) is 23.2 Å². The molecule has 1 aromatic carbocycles. The van der Waals surface area contributed by atoms with Crippen molar-refractivity contribution < 1.29 is 9.21 Å². The van der Waals surface area contributed by atoms with Gasteiger partial charge in [-0.1, -0.05) is 12.8 Å². The highest BCUT2D eigenvalue weighted by Crippen LogP contribution is 2.40. The molecule has 1 aliphatic carbocycles. The molecule has 0 bridgehead atoms. The standard InChI is InChI=1S/C18H21N3O2S/c1-11-10-14-4-2-3-5-15(14)21(11)17(22)13-8-6-12(7-9-13)16-19-20-18(24)23-16/h6-9,11,14-15H,2-5,10H2,1H3,(H,20,24)/t11-,14-,15-/m1/s1. The fourth-order valence-corrected chi connectivity index (χ4v) is 4.44. The van der Waals surface area contributed by atoms with Gasteiger partial charge in [0.1, 0.15) is 0 Å². The van der Waals surface area contributed by atoms with Crippen molar-refractivity contribution in [2.24, 2.45) is 5.92 Å². The van der Waals surface area contributed by atoms with Crippen LogP contribution in [-0.4, -0.2) is 33.1 Å². The summed E-state index contributed by atoms with van der Waals surface area (Å²) < 4.78 is 5.31. The first kappa shape index (κ1) is 15.6. The zero-order chi connectivity index (χ0) is 16.7. The van der Waals surface area contributed by atoms with Crippen molar-refractivity contribution in [1.82, 2.24) is 15.1 Å². The van der Waals surface area contributed by atoms with E-state index in [0.717, 1.165) is 24.0 Å². The first-order chi connectivity index (χ1) is 11.6. The van der Waals surface area contributed by atoms with Gasteiger partial charge in [-0.05, 0) is 68.6 Å². The summed E-state index contributed by atoms with van der Waals surface area (Å²) in [6.45, 7) is 2.18. The van der Waals surface area contributed by atoms with Gasteiger partial charge in [0.05, 0.1) is 0 Å². The van der Waals surface area contributed by atoms with E-state index in [9.17, 15) is 4.79 Å². The Bertz CT molecular complexity index is 795. The molecule has 0 unspecified atom stereocenters. The molecular weight excluding hydrogens is 322 g/mol. The van der Waals surface area contributed by atoms with Crippen LogP contribution < -0.4 is 0 Å². The number of nitrogens with one attached hydrogen (secondary N) is 1. The van der Waals surface area contributed by atoms with E-state index in [1.54, 1.807) is 0 Å². The SMILES string of the molecule is C[C@@H]1C[C@H]2CCCC[C@H]2N1C(=O)c1ccc(-c2n[nH]c(=S)o2)cc1. The second-order valence-corrected chi connectivity index (χ2v) is 7.28. The molecule has 24 heavy (non-hydrogen) atoms. The van der Waals surface area contributed by atoms with Crippen molar-refractivity contribution in [2.45, 2.75) is 51.1 Å². The van der Waals surface area contributed by atoms with Crippen molar-refractivity contribution in [3.05, 3.63) is 34.7 Å². The van der Waals surface area contributed by atoms with E-state index in [2.05, 4.69) is 22.0 Å². The van der Waals surface area contributed by atoms with Crippen molar-refractivity contribution in [1.29, 1.82) is 0 Å². The number of likely N-dealkylation sites (tertiary alicyclic amines) is 1. The molecule has 6 heteroatoms. The van der Waals surface area contributed by atoms with Crippen LogP contribution in [0.25, 0.3) is 11.5 Å². The summed E-state index contributed by atoms with van der Waals surface area (Å²) in [5, 5.41) is 6.62. The highest BCUT2D eigenvalue weighted by molar-refractivity contribution is 7.71. The Morgan fingerprint density at radius 3 is 2.75 bits per heavy atom. The van der Waals surface area contributed by atoms with Crippen molar-refractivity contribution >= 4 is 18.1 Å². The Kier molecular flexibility index (Phi) is 4.00. The molecule has 2 aromatic rings. The third kappa shape index (κ3) is 2.69. The molecule has 1 N–H and O–H groups in total. The molecule has 2 fully saturated rings. The van der Waals surface area contributed by atoms with E-state index >= 15 is 0 Å². The molecule has 2 heterocycles. The minimum Gasteiger partial charge on any atom is -0.409 e. The molecule has 1 aliphatic heterocycles. The molecule has 1 saturated heterocycles. The fraction of sp³-hybridized carbons (Fsp3) is 0.500. The highest BCUT2D eigenvalue weighted by Gasteiger charge is 2.42. The first-order valence-electron chi connectivity index (χ1n) is 8.62. The van der Waals surface area contributed by atoms with Crippen LogP contribution in [0, 0.1) is 10.8 Å². The van der Waals surface area contributed by atoms with E-state index in [-0.39, 0.29) is 10.7 Å². The van der Waals surface area contributed by atoms with Gasteiger partial charge in [0.2, 0.25) is 5.89 Å². The van der Waals surface area contributed by atoms with E-state index in [4.69, 9.17) is 16.6 Å². The third-order valence-corrected chi connectivity index (χ3v) is 5.57. The minimum absolute atomic E-state index is 0.145. The Hall–Kier alpha value is -1.95. The largest absolute Gasteiger partial charge is 0.409 e. The number of aromatic amines is 1. The van der Waals surface area contributed by atoms with Gasteiger partial charge in [-0.15, -0.1) is 5.10 Å². The van der Waals surface area contributed by atoms with Gasteiger partial charge in [-0.2, -0.15) is 0 Å². The first-order valence-corrected chi connectivity index (χ1v) is 9.03. The minimum atomic E-state index is 0.145. The number of nitrogens with zero attached hydrogens (tertiary/aromatic N) is 2. The maximum atomic E-state index is 13.0. The van der Waals surface area contributed by atoms with Crippen LogP contribution in [-0.2, 0) is 0 Å². The number of hydrogen-bond acceptors (Lipinski definition) is 4. The van der Waals surface area contributed by atoms with Crippen LogP contribution in [0.3, 0.4) is 0 Å². The van der Waals surface area contributed by atoms with Gasteiger partial charge < -0.3 is 9.32 Å². The highest BCUT2D eigenvalue weighted by atomic mass is 32.1. The number of rotatable bonds is 2. The smallest absolute Gasteiger partial charge is 0.284 e. The number of aromatic nitrogens is 2. The van der Waals surface area contributed by atoms with E-state index in [1.807, 2.05) is 24.3 Å². The maximum absolute atomic E-state index is 13.0. The summed E-state index contributed by atoms with van der Waals surface area (Å²) in [6.07, 6.45) is 6.10. The Balaban J connectivity index is 1.57. The quantitative estimate of drug-likeness (QED) is 0.831. The fourth-order valence-electron chi connectivity index (χ4n) is 4.32. The molecule has 0 spiro atoms. The second-order valence-electron chi connectivity index (χ2n) is 6.90. The number of H-pyrrole nitrogens is 1. The summed E-state index contributed by atoms with van der Waals surface area (Å²) in [7, 11) is 0. The van der Waals surface area contributed by atoms with Crippen LogP contribution in [0.1, 0.15) is 49.4 Å². The number of hydrogen-bond donors (Lipinski definition) is 1. The monoisotopic (exact) mass is 343 g/mol. The lowest BCUT2D eigenvalue weighted by Crippen LogP contribution is -2.42. The van der Waals surface area contributed by atoms with Crippen molar-refractivity contribution in [2.75, 3.05) is 0 Å². The van der Waals surface area contributed by atoms with Crippen molar-refractivity contribution in [3.8, 4) is 11.5 Å². The molecule has 1 saturated carbocycles. The summed E-state index contributed by atoms with van der Waals surface area (Å²) in [4.78, 5) is 15.4. The normalized spacial score (nSPS) is 26.4. The van der Waals surface area contributed by atoms with E-state index < -0.39 is 0 Å². The number of fused-ring (bicyclic) bond motifs is 1. The van der Waals surface area contributed by atoms with Gasteiger partial charge in [-0.3, -0.25) is 4.79 Å². The van der Waals surface area contributed by atoms with Gasteiger partial charge in [-0.25, -0.2) is 5.10 Å².